The van der Waals surface area contributed by atoms with Gasteiger partial charge < -0.3 is 9.80 Å². The van der Waals surface area contributed by atoms with Crippen LogP contribution in [0, 0.1) is 5.92 Å². The zero-order valence-electron chi connectivity index (χ0n) is 18.4. The molecule has 1 saturated heterocycles. The van der Waals surface area contributed by atoms with Gasteiger partial charge in [-0.3, -0.25) is 19.4 Å². The summed E-state index contributed by atoms with van der Waals surface area (Å²) in [6, 6.07) is 11.1. The molecule has 164 valence electrons. The Bertz CT molecular complexity index is 894. The van der Waals surface area contributed by atoms with Crippen molar-refractivity contribution in [2.24, 2.45) is 5.92 Å². The minimum absolute atomic E-state index is 0.00578. The smallest absolute Gasteiger partial charge is 0.254 e. The van der Waals surface area contributed by atoms with Gasteiger partial charge in [0, 0.05) is 62.5 Å². The van der Waals surface area contributed by atoms with Crippen molar-refractivity contribution in [1.29, 1.82) is 0 Å². The largest absolute Gasteiger partial charge is 0.341 e. The van der Waals surface area contributed by atoms with Crippen molar-refractivity contribution in [1.82, 2.24) is 14.8 Å². The van der Waals surface area contributed by atoms with Gasteiger partial charge in [-0.2, -0.15) is 0 Å². The van der Waals surface area contributed by atoms with E-state index in [9.17, 15) is 14.4 Å². The van der Waals surface area contributed by atoms with Crippen LogP contribution in [0.2, 0.25) is 0 Å². The van der Waals surface area contributed by atoms with Gasteiger partial charge in [-0.1, -0.05) is 38.1 Å². The Labute approximate surface area is 184 Å². The Hall–Kier alpha value is -3.02. The number of benzene rings is 1. The zero-order chi connectivity index (χ0) is 22.2. The molecule has 2 amide bonds. The molecule has 2 heterocycles. The van der Waals surface area contributed by atoms with Gasteiger partial charge in [0.25, 0.3) is 5.91 Å². The Morgan fingerprint density at radius 1 is 0.839 bits per heavy atom. The molecule has 0 aliphatic carbocycles. The number of carbonyl (C=O) groups excluding carboxylic acids is 3. The van der Waals surface area contributed by atoms with Crippen LogP contribution in [0.5, 0.6) is 0 Å². The number of amides is 2. The SMILES string of the molecule is CC(C)Cc1ccc(C(=O)CCC(=O)N2CCCN(C(=O)c3ccncc3)CC2)cc1. The minimum atomic E-state index is -0.0345. The lowest BCUT2D eigenvalue weighted by molar-refractivity contribution is -0.131. The molecule has 0 radical (unpaired) electrons. The summed E-state index contributed by atoms with van der Waals surface area (Å²) in [5.41, 5.74) is 2.49. The van der Waals surface area contributed by atoms with Crippen LogP contribution in [0.3, 0.4) is 0 Å². The maximum absolute atomic E-state index is 12.7. The Morgan fingerprint density at radius 2 is 1.48 bits per heavy atom. The van der Waals surface area contributed by atoms with Crippen LogP contribution in [0.1, 0.15) is 59.4 Å². The average molecular weight is 422 g/mol. The summed E-state index contributed by atoms with van der Waals surface area (Å²) in [5.74, 6) is 0.508. The quantitative estimate of drug-likeness (QED) is 0.640. The molecule has 6 heteroatoms. The standard InChI is InChI=1S/C25H31N3O3/c1-19(2)18-20-4-6-21(7-5-20)23(29)8-9-24(30)27-14-3-15-28(17-16-27)25(31)22-10-12-26-13-11-22/h4-7,10-13,19H,3,8-9,14-18H2,1-2H3. The minimum Gasteiger partial charge on any atom is -0.341 e. The van der Waals surface area contributed by atoms with Crippen molar-refractivity contribution in [3.8, 4) is 0 Å². The van der Waals surface area contributed by atoms with E-state index in [0.717, 1.165) is 12.8 Å². The molecule has 1 aliphatic rings. The molecule has 0 spiro atoms. The fourth-order valence-corrected chi connectivity index (χ4v) is 3.87. The zero-order valence-corrected chi connectivity index (χ0v) is 18.4. The fraction of sp³-hybridized carbons (Fsp3) is 0.440. The van der Waals surface area contributed by atoms with Gasteiger partial charge >= 0.3 is 0 Å². The van der Waals surface area contributed by atoms with Crippen LogP contribution in [-0.4, -0.2) is 58.6 Å². The summed E-state index contributed by atoms with van der Waals surface area (Å²) in [4.78, 5) is 45.3. The molecule has 0 bridgehead atoms. The van der Waals surface area contributed by atoms with Crippen molar-refractivity contribution < 1.29 is 14.4 Å². The van der Waals surface area contributed by atoms with Gasteiger partial charge in [0.15, 0.2) is 5.78 Å². The lowest BCUT2D eigenvalue weighted by Gasteiger charge is -2.22. The first-order valence-corrected chi connectivity index (χ1v) is 11.0. The molecule has 1 fully saturated rings. The van der Waals surface area contributed by atoms with Crippen LogP contribution in [0.15, 0.2) is 48.8 Å². The molecule has 1 aromatic heterocycles. The Kier molecular flexibility index (Phi) is 7.93. The first kappa shape index (κ1) is 22.7. The van der Waals surface area contributed by atoms with Crippen LogP contribution in [0.4, 0.5) is 0 Å². The first-order chi connectivity index (χ1) is 14.9. The maximum atomic E-state index is 12.7. The highest BCUT2D eigenvalue weighted by atomic mass is 16.2. The molecule has 0 saturated carbocycles. The van der Waals surface area contributed by atoms with Gasteiger partial charge in [-0.25, -0.2) is 0 Å². The van der Waals surface area contributed by atoms with E-state index in [4.69, 9.17) is 0 Å². The molecule has 31 heavy (non-hydrogen) atoms. The number of ketones is 1. The highest BCUT2D eigenvalue weighted by Crippen LogP contribution is 2.14. The highest BCUT2D eigenvalue weighted by molar-refractivity contribution is 5.98. The molecule has 2 aromatic rings. The molecular formula is C25H31N3O3. The number of pyridine rings is 1. The van der Waals surface area contributed by atoms with Crippen molar-refractivity contribution in [2.45, 2.75) is 39.5 Å². The second kappa shape index (κ2) is 10.8. The lowest BCUT2D eigenvalue weighted by Crippen LogP contribution is -2.37. The summed E-state index contributed by atoms with van der Waals surface area (Å²) >= 11 is 0. The fourth-order valence-electron chi connectivity index (χ4n) is 3.87. The van der Waals surface area contributed by atoms with E-state index in [1.54, 1.807) is 34.3 Å². The van der Waals surface area contributed by atoms with E-state index in [0.29, 0.717) is 43.2 Å². The van der Waals surface area contributed by atoms with E-state index in [1.807, 2.05) is 24.3 Å². The number of Topliss-reactive ketones (excluding diaryl/α,β-unsaturated/α-hetero) is 1. The van der Waals surface area contributed by atoms with E-state index < -0.39 is 0 Å². The molecule has 0 N–H and O–H groups in total. The Balaban J connectivity index is 1.48. The summed E-state index contributed by atoms with van der Waals surface area (Å²) in [5, 5.41) is 0. The number of rotatable bonds is 7. The highest BCUT2D eigenvalue weighted by Gasteiger charge is 2.23. The topological polar surface area (TPSA) is 70.6 Å². The van der Waals surface area contributed by atoms with Gasteiger partial charge in [0.1, 0.15) is 0 Å². The van der Waals surface area contributed by atoms with E-state index in [1.165, 1.54) is 5.56 Å². The van der Waals surface area contributed by atoms with Gasteiger partial charge in [-0.05, 0) is 36.5 Å². The second-order valence-corrected chi connectivity index (χ2v) is 8.48. The summed E-state index contributed by atoms with van der Waals surface area (Å²) < 4.78 is 0. The second-order valence-electron chi connectivity index (χ2n) is 8.48. The van der Waals surface area contributed by atoms with Crippen LogP contribution < -0.4 is 0 Å². The van der Waals surface area contributed by atoms with Gasteiger partial charge in [0.05, 0.1) is 0 Å². The van der Waals surface area contributed by atoms with Crippen molar-refractivity contribution in [3.05, 3.63) is 65.5 Å². The number of hydrogen-bond donors (Lipinski definition) is 0. The number of carbonyl (C=O) groups is 3. The van der Waals surface area contributed by atoms with Gasteiger partial charge in [-0.15, -0.1) is 0 Å². The predicted octanol–water partition coefficient (Wildman–Crippen LogP) is 3.62. The number of nitrogens with zero attached hydrogens (tertiary/aromatic N) is 3. The maximum Gasteiger partial charge on any atom is 0.254 e. The third-order valence-corrected chi connectivity index (χ3v) is 5.55. The molecule has 0 unspecified atom stereocenters. The molecule has 6 nitrogen and oxygen atoms in total. The lowest BCUT2D eigenvalue weighted by atomic mass is 9.99. The molecule has 0 atom stereocenters. The van der Waals surface area contributed by atoms with Crippen molar-refractivity contribution in [2.75, 3.05) is 26.2 Å². The van der Waals surface area contributed by atoms with Crippen LogP contribution in [-0.2, 0) is 11.2 Å². The molecule has 1 aromatic carbocycles. The normalized spacial score (nSPS) is 14.4. The third kappa shape index (κ3) is 6.48. The van der Waals surface area contributed by atoms with Crippen molar-refractivity contribution >= 4 is 17.6 Å². The molecular weight excluding hydrogens is 390 g/mol. The average Bonchev–Trinajstić information content (AvgIpc) is 3.04. The monoisotopic (exact) mass is 421 g/mol. The van der Waals surface area contributed by atoms with Crippen LogP contribution in [0.25, 0.3) is 0 Å². The first-order valence-electron chi connectivity index (χ1n) is 11.0. The number of aromatic nitrogens is 1. The third-order valence-electron chi connectivity index (χ3n) is 5.55. The van der Waals surface area contributed by atoms with E-state index >= 15 is 0 Å². The van der Waals surface area contributed by atoms with E-state index in [2.05, 4.69) is 18.8 Å². The predicted molar refractivity (Wildman–Crippen MR) is 120 cm³/mol. The summed E-state index contributed by atoms with van der Waals surface area (Å²) in [6.45, 7) is 6.55. The van der Waals surface area contributed by atoms with Gasteiger partial charge in [0.2, 0.25) is 5.91 Å². The van der Waals surface area contributed by atoms with Crippen molar-refractivity contribution in [3.63, 3.8) is 0 Å². The molecule has 1 aliphatic heterocycles. The van der Waals surface area contributed by atoms with E-state index in [-0.39, 0.29) is 30.4 Å². The molecule has 3 rings (SSSR count). The number of hydrogen-bond acceptors (Lipinski definition) is 4. The Morgan fingerprint density at radius 3 is 2.16 bits per heavy atom. The van der Waals surface area contributed by atoms with Crippen LogP contribution >= 0.6 is 0 Å². The summed E-state index contributed by atoms with van der Waals surface area (Å²) in [7, 11) is 0. The summed E-state index contributed by atoms with van der Waals surface area (Å²) in [6.07, 6.45) is 5.34.